The molecule has 2 aromatic rings. The maximum absolute atomic E-state index is 12.1. The number of sulfonamides is 1. The lowest BCUT2D eigenvalue weighted by molar-refractivity contribution is -0.117. The van der Waals surface area contributed by atoms with E-state index in [-0.39, 0.29) is 9.96 Å². The number of rotatable bonds is 7. The fourth-order valence-electron chi connectivity index (χ4n) is 1.73. The van der Waals surface area contributed by atoms with Crippen LogP contribution in [-0.4, -0.2) is 27.0 Å². The Morgan fingerprint density at radius 3 is 2.42 bits per heavy atom. The molecule has 1 atom stereocenters. The molecule has 2 rings (SSSR count). The first-order valence-electron chi connectivity index (χ1n) is 6.69. The molecule has 0 aliphatic rings. The van der Waals surface area contributed by atoms with Gasteiger partial charge in [-0.1, -0.05) is 6.07 Å². The molecule has 0 saturated carbocycles. The minimum Gasteiger partial charge on any atom is -0.435 e. The second-order valence-corrected chi connectivity index (χ2v) is 7.56. The van der Waals surface area contributed by atoms with E-state index in [0.29, 0.717) is 5.69 Å². The van der Waals surface area contributed by atoms with E-state index in [1.807, 2.05) is 0 Å². The molecule has 0 spiro atoms. The number of thiophene rings is 1. The van der Waals surface area contributed by atoms with Gasteiger partial charge in [-0.25, -0.2) is 8.42 Å². The summed E-state index contributed by atoms with van der Waals surface area (Å²) in [4.78, 5) is 12.0. The van der Waals surface area contributed by atoms with Crippen molar-refractivity contribution < 1.29 is 26.7 Å². The third kappa shape index (κ3) is 4.98. The van der Waals surface area contributed by atoms with Crippen molar-refractivity contribution in [1.82, 2.24) is 4.72 Å². The lowest BCUT2D eigenvalue weighted by Crippen LogP contribution is -2.41. The predicted molar refractivity (Wildman–Crippen MR) is 85.8 cm³/mol. The summed E-state index contributed by atoms with van der Waals surface area (Å²) < 4.78 is 54.8. The third-order valence-electron chi connectivity index (χ3n) is 2.83. The molecule has 0 radical (unpaired) electrons. The molecule has 1 aromatic carbocycles. The Labute approximate surface area is 141 Å². The van der Waals surface area contributed by atoms with Crippen LogP contribution in [-0.2, 0) is 14.8 Å². The Kier molecular flexibility index (Phi) is 5.86. The number of ether oxygens (including phenoxy) is 1. The number of amides is 1. The van der Waals surface area contributed by atoms with Crippen molar-refractivity contribution in [2.45, 2.75) is 23.8 Å². The van der Waals surface area contributed by atoms with E-state index in [2.05, 4.69) is 14.8 Å². The van der Waals surface area contributed by atoms with Gasteiger partial charge in [-0.05, 0) is 42.6 Å². The molecule has 0 aliphatic heterocycles. The first kappa shape index (κ1) is 18.3. The normalized spacial score (nSPS) is 12.8. The van der Waals surface area contributed by atoms with Crippen LogP contribution in [0.4, 0.5) is 14.5 Å². The number of nitrogens with one attached hydrogen (secondary N) is 2. The van der Waals surface area contributed by atoms with Gasteiger partial charge >= 0.3 is 6.61 Å². The van der Waals surface area contributed by atoms with Crippen LogP contribution in [0.1, 0.15) is 6.92 Å². The average Bonchev–Trinajstić information content (AvgIpc) is 3.03. The van der Waals surface area contributed by atoms with Gasteiger partial charge in [0, 0.05) is 5.69 Å². The first-order valence-corrected chi connectivity index (χ1v) is 9.06. The first-order chi connectivity index (χ1) is 11.3. The van der Waals surface area contributed by atoms with E-state index in [4.69, 9.17) is 0 Å². The monoisotopic (exact) mass is 376 g/mol. The Bertz CT molecular complexity index is 778. The van der Waals surface area contributed by atoms with Crippen LogP contribution in [0, 0.1) is 0 Å². The Morgan fingerprint density at radius 1 is 1.21 bits per heavy atom. The Balaban J connectivity index is 1.96. The van der Waals surface area contributed by atoms with Crippen LogP contribution in [0.5, 0.6) is 5.75 Å². The fraction of sp³-hybridized carbons (Fsp3) is 0.214. The summed E-state index contributed by atoms with van der Waals surface area (Å²) in [6.07, 6.45) is 0. The van der Waals surface area contributed by atoms with Crippen LogP contribution in [0.15, 0.2) is 46.0 Å². The van der Waals surface area contributed by atoms with E-state index < -0.39 is 28.6 Å². The predicted octanol–water partition coefficient (Wildman–Crippen LogP) is 2.66. The number of carbonyl (C=O) groups is 1. The molecule has 1 amide bonds. The second-order valence-electron chi connectivity index (χ2n) is 4.67. The van der Waals surface area contributed by atoms with Crippen molar-refractivity contribution in [2.24, 2.45) is 0 Å². The molecule has 6 nitrogen and oxygen atoms in total. The maximum atomic E-state index is 12.1. The van der Waals surface area contributed by atoms with E-state index in [0.717, 1.165) is 11.3 Å². The highest BCUT2D eigenvalue weighted by atomic mass is 32.2. The third-order valence-corrected chi connectivity index (χ3v) is 5.77. The molecular weight excluding hydrogens is 362 g/mol. The lowest BCUT2D eigenvalue weighted by atomic mass is 10.2. The molecule has 2 N–H and O–H groups in total. The highest BCUT2D eigenvalue weighted by molar-refractivity contribution is 7.91. The average molecular weight is 376 g/mol. The molecule has 0 aliphatic carbocycles. The summed E-state index contributed by atoms with van der Waals surface area (Å²) in [5, 5.41) is 4.10. The molecule has 24 heavy (non-hydrogen) atoms. The van der Waals surface area contributed by atoms with Crippen LogP contribution in [0.3, 0.4) is 0 Å². The van der Waals surface area contributed by atoms with Gasteiger partial charge in [-0.2, -0.15) is 13.5 Å². The number of carbonyl (C=O) groups excluding carboxylic acids is 1. The number of hydrogen-bond acceptors (Lipinski definition) is 5. The van der Waals surface area contributed by atoms with Gasteiger partial charge in [-0.3, -0.25) is 4.79 Å². The van der Waals surface area contributed by atoms with E-state index >= 15 is 0 Å². The number of anilines is 1. The van der Waals surface area contributed by atoms with Crippen molar-refractivity contribution in [3.05, 3.63) is 41.8 Å². The number of halogens is 2. The van der Waals surface area contributed by atoms with Crippen molar-refractivity contribution in [2.75, 3.05) is 5.32 Å². The minimum absolute atomic E-state index is 0.0468. The van der Waals surface area contributed by atoms with E-state index in [1.54, 1.807) is 11.4 Å². The standard InChI is InChI=1S/C14H14F2N2O4S2/c1-9(18-24(20,21)12-3-2-8-23-12)13(19)17-10-4-6-11(7-5-10)22-14(15)16/h2-9,14,18H,1H3,(H,17,19). The molecule has 0 bridgehead atoms. The highest BCUT2D eigenvalue weighted by Crippen LogP contribution is 2.18. The van der Waals surface area contributed by atoms with Gasteiger partial charge in [-0.15, -0.1) is 11.3 Å². The summed E-state index contributed by atoms with van der Waals surface area (Å²) in [6, 6.07) is 7.28. The van der Waals surface area contributed by atoms with Crippen molar-refractivity contribution in [3.63, 3.8) is 0 Å². The zero-order chi connectivity index (χ0) is 17.7. The van der Waals surface area contributed by atoms with Gasteiger partial charge in [0.1, 0.15) is 9.96 Å². The van der Waals surface area contributed by atoms with Gasteiger partial charge < -0.3 is 10.1 Å². The lowest BCUT2D eigenvalue weighted by Gasteiger charge is -2.14. The minimum atomic E-state index is -3.77. The molecule has 0 fully saturated rings. The SMILES string of the molecule is CC(NS(=O)(=O)c1cccs1)C(=O)Nc1ccc(OC(F)F)cc1. The highest BCUT2D eigenvalue weighted by Gasteiger charge is 2.22. The Hall–Kier alpha value is -2.04. The number of alkyl halides is 2. The van der Waals surface area contributed by atoms with E-state index in [9.17, 15) is 22.0 Å². The van der Waals surface area contributed by atoms with Crippen molar-refractivity contribution >= 4 is 33.0 Å². The topological polar surface area (TPSA) is 84.5 Å². The quantitative estimate of drug-likeness (QED) is 0.778. The number of benzene rings is 1. The number of hydrogen-bond donors (Lipinski definition) is 2. The summed E-state index contributed by atoms with van der Waals surface area (Å²) in [5.74, 6) is -0.632. The summed E-state index contributed by atoms with van der Waals surface area (Å²) in [5.41, 5.74) is 0.323. The van der Waals surface area contributed by atoms with Gasteiger partial charge in [0.05, 0.1) is 6.04 Å². The molecule has 10 heteroatoms. The molecule has 130 valence electrons. The van der Waals surface area contributed by atoms with Crippen molar-refractivity contribution in [3.8, 4) is 5.75 Å². The maximum Gasteiger partial charge on any atom is 0.387 e. The van der Waals surface area contributed by atoms with Gasteiger partial charge in [0.25, 0.3) is 10.0 Å². The molecule has 1 aromatic heterocycles. The smallest absolute Gasteiger partial charge is 0.387 e. The second kappa shape index (κ2) is 7.69. The van der Waals surface area contributed by atoms with E-state index in [1.165, 1.54) is 37.3 Å². The molecule has 0 saturated heterocycles. The largest absolute Gasteiger partial charge is 0.435 e. The molecule has 1 heterocycles. The summed E-state index contributed by atoms with van der Waals surface area (Å²) in [6.45, 7) is -1.54. The van der Waals surface area contributed by atoms with Crippen LogP contribution in [0.2, 0.25) is 0 Å². The fourth-order valence-corrected chi connectivity index (χ4v) is 3.94. The van der Waals surface area contributed by atoms with Crippen LogP contribution < -0.4 is 14.8 Å². The van der Waals surface area contributed by atoms with Crippen LogP contribution >= 0.6 is 11.3 Å². The molecule has 1 unspecified atom stereocenters. The van der Waals surface area contributed by atoms with Gasteiger partial charge in [0.2, 0.25) is 5.91 Å². The van der Waals surface area contributed by atoms with Crippen LogP contribution in [0.25, 0.3) is 0 Å². The summed E-state index contributed by atoms with van der Waals surface area (Å²) >= 11 is 1.04. The zero-order valence-corrected chi connectivity index (χ0v) is 14.0. The summed E-state index contributed by atoms with van der Waals surface area (Å²) in [7, 11) is -3.77. The van der Waals surface area contributed by atoms with Gasteiger partial charge in [0.15, 0.2) is 0 Å². The Morgan fingerprint density at radius 2 is 1.88 bits per heavy atom. The molecular formula is C14H14F2N2O4S2. The zero-order valence-electron chi connectivity index (χ0n) is 12.4. The van der Waals surface area contributed by atoms with Crippen molar-refractivity contribution in [1.29, 1.82) is 0 Å².